The van der Waals surface area contributed by atoms with E-state index in [-0.39, 0.29) is 42.4 Å². The Balaban J connectivity index is 1.15. The molecule has 5 rings (SSSR count). The fourth-order valence-electron chi connectivity index (χ4n) is 5.22. The lowest BCUT2D eigenvalue weighted by Crippen LogP contribution is -2.42. The highest BCUT2D eigenvalue weighted by Gasteiger charge is 2.36. The normalized spacial score (nSPS) is 22.6. The SMILES string of the molecule is CC(C)[C@@H]1C[C@H](c2ccccc2F)CO[C@H]1c1cccc(OCC(=O)NCC2COc3ccccc3O2)c1. The highest BCUT2D eigenvalue weighted by atomic mass is 19.1. The Morgan fingerprint density at radius 1 is 1.03 bits per heavy atom. The number of halogens is 1. The van der Waals surface area contributed by atoms with Crippen molar-refractivity contribution in [1.82, 2.24) is 5.32 Å². The van der Waals surface area contributed by atoms with Crippen LogP contribution in [0.2, 0.25) is 0 Å². The summed E-state index contributed by atoms with van der Waals surface area (Å²) in [7, 11) is 0. The Morgan fingerprint density at radius 3 is 2.63 bits per heavy atom. The van der Waals surface area contributed by atoms with Crippen LogP contribution in [0.25, 0.3) is 0 Å². The van der Waals surface area contributed by atoms with E-state index < -0.39 is 0 Å². The van der Waals surface area contributed by atoms with Crippen molar-refractivity contribution in [2.45, 2.75) is 38.4 Å². The van der Waals surface area contributed by atoms with Crippen LogP contribution >= 0.6 is 0 Å². The number of hydrogen-bond donors (Lipinski definition) is 1. The molecule has 3 aromatic rings. The fraction of sp³-hybridized carbons (Fsp3) is 0.387. The molecule has 200 valence electrons. The Hall–Kier alpha value is -3.58. The van der Waals surface area contributed by atoms with Gasteiger partial charge in [-0.3, -0.25) is 4.79 Å². The van der Waals surface area contributed by atoms with Crippen LogP contribution in [-0.2, 0) is 9.53 Å². The third kappa shape index (κ3) is 6.10. The molecular weight excluding hydrogens is 485 g/mol. The number of fused-ring (bicyclic) bond motifs is 1. The molecule has 6 nitrogen and oxygen atoms in total. The number of amides is 1. The van der Waals surface area contributed by atoms with Gasteiger partial charge in [0, 0.05) is 5.92 Å². The van der Waals surface area contributed by atoms with E-state index >= 15 is 0 Å². The fourth-order valence-corrected chi connectivity index (χ4v) is 5.22. The number of carbonyl (C=O) groups excluding carboxylic acids is 1. The molecule has 0 aromatic heterocycles. The van der Waals surface area contributed by atoms with E-state index in [9.17, 15) is 9.18 Å². The van der Waals surface area contributed by atoms with Crippen LogP contribution in [-0.4, -0.2) is 38.4 Å². The van der Waals surface area contributed by atoms with E-state index in [0.717, 1.165) is 12.0 Å². The number of ether oxygens (including phenoxy) is 4. The Bertz CT molecular complexity index is 1250. The molecule has 2 aliphatic heterocycles. The molecule has 1 N–H and O–H groups in total. The second-order valence-corrected chi connectivity index (χ2v) is 10.3. The number of hydrogen-bond acceptors (Lipinski definition) is 5. The zero-order chi connectivity index (χ0) is 26.5. The average Bonchev–Trinajstić information content (AvgIpc) is 2.95. The zero-order valence-corrected chi connectivity index (χ0v) is 21.8. The quantitative estimate of drug-likeness (QED) is 0.415. The Morgan fingerprint density at radius 2 is 1.82 bits per heavy atom. The van der Waals surface area contributed by atoms with Crippen LogP contribution in [0.4, 0.5) is 4.39 Å². The van der Waals surface area contributed by atoms with Crippen LogP contribution in [0.15, 0.2) is 72.8 Å². The van der Waals surface area contributed by atoms with E-state index in [1.165, 1.54) is 6.07 Å². The van der Waals surface area contributed by atoms with E-state index in [1.54, 1.807) is 6.07 Å². The van der Waals surface area contributed by atoms with E-state index in [4.69, 9.17) is 18.9 Å². The van der Waals surface area contributed by atoms with Gasteiger partial charge in [0.1, 0.15) is 24.3 Å². The molecule has 0 radical (unpaired) electrons. The molecule has 2 aliphatic rings. The molecule has 1 fully saturated rings. The first-order valence-corrected chi connectivity index (χ1v) is 13.2. The number of para-hydroxylation sites is 2. The smallest absolute Gasteiger partial charge is 0.258 e. The summed E-state index contributed by atoms with van der Waals surface area (Å²) in [6.07, 6.45) is 0.456. The topological polar surface area (TPSA) is 66.0 Å². The summed E-state index contributed by atoms with van der Waals surface area (Å²) < 4.78 is 38.2. The van der Waals surface area contributed by atoms with Crippen molar-refractivity contribution >= 4 is 5.91 Å². The highest BCUT2D eigenvalue weighted by molar-refractivity contribution is 5.77. The third-order valence-electron chi connectivity index (χ3n) is 7.27. The summed E-state index contributed by atoms with van der Waals surface area (Å²) in [4.78, 5) is 12.4. The maximum Gasteiger partial charge on any atom is 0.258 e. The predicted molar refractivity (Wildman–Crippen MR) is 142 cm³/mol. The average molecular weight is 520 g/mol. The summed E-state index contributed by atoms with van der Waals surface area (Å²) >= 11 is 0. The van der Waals surface area contributed by atoms with Crippen molar-refractivity contribution in [3.05, 3.63) is 89.7 Å². The van der Waals surface area contributed by atoms with Crippen LogP contribution in [0.3, 0.4) is 0 Å². The summed E-state index contributed by atoms with van der Waals surface area (Å²) in [6.45, 7) is 5.40. The van der Waals surface area contributed by atoms with Crippen molar-refractivity contribution in [3.63, 3.8) is 0 Å². The molecule has 0 spiro atoms. The zero-order valence-electron chi connectivity index (χ0n) is 21.8. The van der Waals surface area contributed by atoms with Crippen LogP contribution < -0.4 is 19.5 Å². The second-order valence-electron chi connectivity index (χ2n) is 10.3. The number of rotatable bonds is 8. The van der Waals surface area contributed by atoms with E-state index in [0.29, 0.717) is 48.5 Å². The molecule has 0 saturated carbocycles. The minimum atomic E-state index is -0.262. The molecule has 1 saturated heterocycles. The predicted octanol–water partition coefficient (Wildman–Crippen LogP) is 5.68. The van der Waals surface area contributed by atoms with Gasteiger partial charge in [0.2, 0.25) is 0 Å². The molecule has 0 bridgehead atoms. The first kappa shape index (κ1) is 26.0. The minimum Gasteiger partial charge on any atom is -0.486 e. The standard InChI is InChI=1S/C31H34FNO5/c1-20(2)26-15-22(25-10-3-4-11-27(25)32)17-37-31(26)21-8-7-9-23(14-21)35-19-30(34)33-16-24-18-36-28-12-5-6-13-29(28)38-24/h3-14,20,22,24,26,31H,15-19H2,1-2H3,(H,33,34)/t22-,24?,26-,31-/m0/s1. The van der Waals surface area contributed by atoms with Crippen molar-refractivity contribution in [2.24, 2.45) is 11.8 Å². The lowest BCUT2D eigenvalue weighted by molar-refractivity contribution is -0.123. The monoisotopic (exact) mass is 519 g/mol. The van der Waals surface area contributed by atoms with Crippen LogP contribution in [0, 0.1) is 17.7 Å². The summed E-state index contributed by atoms with van der Waals surface area (Å²) in [6, 6.07) is 22.1. The van der Waals surface area contributed by atoms with Crippen molar-refractivity contribution in [2.75, 3.05) is 26.4 Å². The molecule has 4 atom stereocenters. The van der Waals surface area contributed by atoms with Crippen molar-refractivity contribution < 1.29 is 28.1 Å². The Labute approximate surface area is 223 Å². The van der Waals surface area contributed by atoms with E-state index in [2.05, 4.69) is 19.2 Å². The van der Waals surface area contributed by atoms with Gasteiger partial charge >= 0.3 is 0 Å². The van der Waals surface area contributed by atoms with Gasteiger partial charge < -0.3 is 24.3 Å². The first-order chi connectivity index (χ1) is 18.5. The van der Waals surface area contributed by atoms with Gasteiger partial charge in [-0.2, -0.15) is 0 Å². The van der Waals surface area contributed by atoms with Gasteiger partial charge in [0.05, 0.1) is 19.3 Å². The van der Waals surface area contributed by atoms with Gasteiger partial charge in [-0.05, 0) is 59.7 Å². The molecule has 0 aliphatic carbocycles. The van der Waals surface area contributed by atoms with Crippen molar-refractivity contribution in [3.8, 4) is 17.2 Å². The third-order valence-corrected chi connectivity index (χ3v) is 7.27. The summed E-state index contributed by atoms with van der Waals surface area (Å²) in [5.41, 5.74) is 1.72. The minimum absolute atomic E-state index is 0.0231. The molecule has 3 aromatic carbocycles. The number of nitrogens with one attached hydrogen (secondary N) is 1. The van der Waals surface area contributed by atoms with Crippen LogP contribution in [0.5, 0.6) is 17.2 Å². The van der Waals surface area contributed by atoms with Crippen LogP contribution in [0.1, 0.15) is 43.4 Å². The van der Waals surface area contributed by atoms with Gasteiger partial charge in [0.15, 0.2) is 18.1 Å². The maximum absolute atomic E-state index is 14.4. The lowest BCUT2D eigenvalue weighted by atomic mass is 9.76. The van der Waals surface area contributed by atoms with E-state index in [1.807, 2.05) is 60.7 Å². The molecule has 38 heavy (non-hydrogen) atoms. The molecular formula is C31H34FNO5. The molecule has 2 heterocycles. The molecule has 1 amide bonds. The summed E-state index contributed by atoms with van der Waals surface area (Å²) in [5.74, 6) is 2.17. The van der Waals surface area contributed by atoms with Gasteiger partial charge in [-0.1, -0.05) is 56.3 Å². The number of carbonyl (C=O) groups is 1. The highest BCUT2D eigenvalue weighted by Crippen LogP contribution is 2.44. The summed E-state index contributed by atoms with van der Waals surface area (Å²) in [5, 5.41) is 2.85. The molecule has 7 heteroatoms. The first-order valence-electron chi connectivity index (χ1n) is 13.2. The maximum atomic E-state index is 14.4. The van der Waals surface area contributed by atoms with Gasteiger partial charge in [-0.15, -0.1) is 0 Å². The van der Waals surface area contributed by atoms with Gasteiger partial charge in [0.25, 0.3) is 5.91 Å². The number of benzene rings is 3. The largest absolute Gasteiger partial charge is 0.486 e. The Kier molecular flexibility index (Phi) is 8.13. The lowest BCUT2D eigenvalue weighted by Gasteiger charge is -2.39. The van der Waals surface area contributed by atoms with Crippen molar-refractivity contribution in [1.29, 1.82) is 0 Å². The second kappa shape index (κ2) is 11.9. The molecule has 1 unspecified atom stereocenters. The van der Waals surface area contributed by atoms with Gasteiger partial charge in [-0.25, -0.2) is 4.39 Å².